The van der Waals surface area contributed by atoms with Gasteiger partial charge in [-0.05, 0) is 101 Å². The van der Waals surface area contributed by atoms with Crippen LogP contribution in [-0.2, 0) is 11.2 Å². The van der Waals surface area contributed by atoms with E-state index in [0.717, 1.165) is 49.6 Å². The van der Waals surface area contributed by atoms with Gasteiger partial charge in [-0.1, -0.05) is 6.92 Å². The summed E-state index contributed by atoms with van der Waals surface area (Å²) in [5.74, 6) is 2.21. The first-order valence-corrected chi connectivity index (χ1v) is 13.9. The summed E-state index contributed by atoms with van der Waals surface area (Å²) >= 11 is 0. The van der Waals surface area contributed by atoms with Crippen LogP contribution in [0.3, 0.4) is 0 Å². The van der Waals surface area contributed by atoms with E-state index in [-0.39, 0.29) is 0 Å². The number of aromatic nitrogens is 1. The largest absolute Gasteiger partial charge is 0.493 e. The van der Waals surface area contributed by atoms with Gasteiger partial charge in [0.05, 0.1) is 19.2 Å². The Bertz CT molecular complexity index is 961. The number of methoxy groups -OCH3 is 1. The van der Waals surface area contributed by atoms with Crippen LogP contribution in [0.15, 0.2) is 18.2 Å². The molecule has 0 bridgehead atoms. The van der Waals surface area contributed by atoms with E-state index in [4.69, 9.17) is 19.2 Å². The zero-order valence-electron chi connectivity index (χ0n) is 21.8. The molecule has 0 N–H and O–H groups in total. The maximum Gasteiger partial charge on any atom is 0.163 e. The predicted octanol–water partition coefficient (Wildman–Crippen LogP) is 5.03. The SMILES string of the molecule is CCc1cc(C2CCN(C3CCOCC3)CC2)c2cc(OC)c(OCCCN3CCCC3)cc2n1. The van der Waals surface area contributed by atoms with Gasteiger partial charge in [0.2, 0.25) is 0 Å². The lowest BCUT2D eigenvalue weighted by molar-refractivity contribution is 0.0252. The molecule has 35 heavy (non-hydrogen) atoms. The lowest BCUT2D eigenvalue weighted by atomic mass is 9.85. The third-order valence-corrected chi connectivity index (χ3v) is 8.29. The molecule has 3 aliphatic rings. The van der Waals surface area contributed by atoms with Crippen LogP contribution in [0.1, 0.15) is 69.0 Å². The molecule has 0 spiro atoms. The Kier molecular flexibility index (Phi) is 8.43. The Labute approximate surface area is 210 Å². The topological polar surface area (TPSA) is 47.1 Å². The quantitative estimate of drug-likeness (QED) is 0.468. The molecule has 0 saturated carbocycles. The summed E-state index contributed by atoms with van der Waals surface area (Å²) in [7, 11) is 1.75. The second-order valence-corrected chi connectivity index (χ2v) is 10.5. The molecule has 3 fully saturated rings. The Hall–Kier alpha value is -1.89. The van der Waals surface area contributed by atoms with Gasteiger partial charge in [0.15, 0.2) is 11.5 Å². The maximum atomic E-state index is 6.23. The molecule has 0 aliphatic carbocycles. The molecular formula is C29H43N3O3. The van der Waals surface area contributed by atoms with Crippen LogP contribution in [0.4, 0.5) is 0 Å². The van der Waals surface area contributed by atoms with Gasteiger partial charge in [-0.2, -0.15) is 0 Å². The molecule has 0 atom stereocenters. The molecule has 0 unspecified atom stereocenters. The zero-order valence-corrected chi connectivity index (χ0v) is 21.8. The number of nitrogens with zero attached hydrogens (tertiary/aromatic N) is 3. The number of ether oxygens (including phenoxy) is 3. The van der Waals surface area contributed by atoms with Gasteiger partial charge >= 0.3 is 0 Å². The molecule has 1 aromatic heterocycles. The lowest BCUT2D eigenvalue weighted by Crippen LogP contribution is -2.43. The molecule has 0 radical (unpaired) electrons. The lowest BCUT2D eigenvalue weighted by Gasteiger charge is -2.39. The highest BCUT2D eigenvalue weighted by molar-refractivity contribution is 5.86. The highest BCUT2D eigenvalue weighted by Gasteiger charge is 2.28. The van der Waals surface area contributed by atoms with E-state index in [1.54, 1.807) is 7.11 Å². The minimum Gasteiger partial charge on any atom is -0.493 e. The highest BCUT2D eigenvalue weighted by atomic mass is 16.5. The number of likely N-dealkylation sites (tertiary alicyclic amines) is 2. The molecule has 3 saturated heterocycles. The van der Waals surface area contributed by atoms with Crippen LogP contribution in [0.5, 0.6) is 11.5 Å². The number of aryl methyl sites for hydroxylation is 1. The second kappa shape index (κ2) is 11.9. The Morgan fingerprint density at radius 1 is 0.971 bits per heavy atom. The van der Waals surface area contributed by atoms with E-state index >= 15 is 0 Å². The van der Waals surface area contributed by atoms with Crippen molar-refractivity contribution >= 4 is 10.9 Å². The number of fused-ring (bicyclic) bond motifs is 1. The Balaban J connectivity index is 1.31. The summed E-state index contributed by atoms with van der Waals surface area (Å²) < 4.78 is 17.6. The molecule has 6 heteroatoms. The van der Waals surface area contributed by atoms with Gasteiger partial charge in [-0.15, -0.1) is 0 Å². The average molecular weight is 482 g/mol. The fourth-order valence-corrected chi connectivity index (χ4v) is 6.21. The first-order valence-electron chi connectivity index (χ1n) is 13.9. The minimum absolute atomic E-state index is 0.568. The predicted molar refractivity (Wildman–Crippen MR) is 141 cm³/mol. The minimum atomic E-state index is 0.568. The van der Waals surface area contributed by atoms with Crippen LogP contribution in [0.25, 0.3) is 10.9 Å². The Morgan fingerprint density at radius 3 is 2.46 bits per heavy atom. The molecule has 5 rings (SSSR count). The van der Waals surface area contributed by atoms with E-state index in [9.17, 15) is 0 Å². The smallest absolute Gasteiger partial charge is 0.163 e. The van der Waals surface area contributed by atoms with Gasteiger partial charge in [-0.25, -0.2) is 0 Å². The van der Waals surface area contributed by atoms with Crippen molar-refractivity contribution in [3.8, 4) is 11.5 Å². The van der Waals surface area contributed by atoms with Crippen molar-refractivity contribution in [3.05, 3.63) is 29.5 Å². The van der Waals surface area contributed by atoms with Gasteiger partial charge in [-0.3, -0.25) is 4.98 Å². The van der Waals surface area contributed by atoms with Crippen molar-refractivity contribution < 1.29 is 14.2 Å². The standard InChI is InChI=1S/C29H43N3O3/c1-3-23-19-25(22-7-14-32(15-8-22)24-9-17-34-18-10-24)26-20-28(33-2)29(21-27(26)30-23)35-16-6-13-31-11-4-5-12-31/h19-22,24H,3-18H2,1-2H3. The van der Waals surface area contributed by atoms with Gasteiger partial charge in [0.25, 0.3) is 0 Å². The number of hydrogen-bond acceptors (Lipinski definition) is 6. The van der Waals surface area contributed by atoms with E-state index in [0.29, 0.717) is 18.6 Å². The Morgan fingerprint density at radius 2 is 1.74 bits per heavy atom. The first kappa shape index (κ1) is 24.8. The maximum absolute atomic E-state index is 6.23. The van der Waals surface area contributed by atoms with E-state index in [1.165, 1.54) is 81.3 Å². The number of hydrogen-bond donors (Lipinski definition) is 0. The van der Waals surface area contributed by atoms with Crippen molar-refractivity contribution in [3.63, 3.8) is 0 Å². The molecular weight excluding hydrogens is 438 g/mol. The number of pyridine rings is 1. The summed E-state index contributed by atoms with van der Waals surface area (Å²) in [6.07, 6.45) is 9.43. The highest BCUT2D eigenvalue weighted by Crippen LogP contribution is 2.39. The summed E-state index contributed by atoms with van der Waals surface area (Å²) in [5, 5.41) is 1.23. The normalized spacial score (nSPS) is 21.1. The van der Waals surface area contributed by atoms with E-state index < -0.39 is 0 Å². The van der Waals surface area contributed by atoms with Crippen molar-refractivity contribution in [1.82, 2.24) is 14.8 Å². The molecule has 0 amide bonds. The van der Waals surface area contributed by atoms with Crippen LogP contribution >= 0.6 is 0 Å². The van der Waals surface area contributed by atoms with Crippen molar-refractivity contribution in [1.29, 1.82) is 0 Å². The van der Waals surface area contributed by atoms with Crippen LogP contribution in [-0.4, -0.2) is 80.5 Å². The van der Waals surface area contributed by atoms with E-state index in [1.807, 2.05) is 0 Å². The average Bonchev–Trinajstić information content (AvgIpc) is 3.44. The molecule has 4 heterocycles. The van der Waals surface area contributed by atoms with Crippen LogP contribution < -0.4 is 9.47 Å². The van der Waals surface area contributed by atoms with Gasteiger partial charge in [0.1, 0.15) is 0 Å². The molecule has 2 aromatic rings. The summed E-state index contributed by atoms with van der Waals surface area (Å²) in [6, 6.07) is 7.35. The third-order valence-electron chi connectivity index (χ3n) is 8.29. The molecule has 1 aromatic carbocycles. The summed E-state index contributed by atoms with van der Waals surface area (Å²) in [4.78, 5) is 10.2. The van der Waals surface area contributed by atoms with Gasteiger partial charge < -0.3 is 24.0 Å². The van der Waals surface area contributed by atoms with E-state index in [2.05, 4.69) is 34.9 Å². The monoisotopic (exact) mass is 481 g/mol. The molecule has 3 aliphatic heterocycles. The molecule has 192 valence electrons. The zero-order chi connectivity index (χ0) is 24.0. The number of rotatable bonds is 9. The molecule has 6 nitrogen and oxygen atoms in total. The number of benzene rings is 1. The van der Waals surface area contributed by atoms with Crippen LogP contribution in [0.2, 0.25) is 0 Å². The first-order chi connectivity index (χ1) is 17.2. The summed E-state index contributed by atoms with van der Waals surface area (Å²) in [5.41, 5.74) is 3.66. The second-order valence-electron chi connectivity index (χ2n) is 10.5. The van der Waals surface area contributed by atoms with Gasteiger partial charge in [0, 0.05) is 42.9 Å². The summed E-state index contributed by atoms with van der Waals surface area (Å²) in [6.45, 7) is 10.7. The van der Waals surface area contributed by atoms with Crippen molar-refractivity contribution in [2.24, 2.45) is 0 Å². The fourth-order valence-electron chi connectivity index (χ4n) is 6.21. The van der Waals surface area contributed by atoms with Crippen molar-refractivity contribution in [2.45, 2.75) is 70.3 Å². The number of piperidine rings is 1. The van der Waals surface area contributed by atoms with Crippen molar-refractivity contribution in [2.75, 3.05) is 59.7 Å². The third kappa shape index (κ3) is 5.92. The van der Waals surface area contributed by atoms with Crippen LogP contribution in [0, 0.1) is 0 Å². The fraction of sp³-hybridized carbons (Fsp3) is 0.690.